The lowest BCUT2D eigenvalue weighted by atomic mass is 9.98. The van der Waals surface area contributed by atoms with Crippen LogP contribution in [0.5, 0.6) is 0 Å². The van der Waals surface area contributed by atoms with E-state index >= 15 is 0 Å². The Morgan fingerprint density at radius 2 is 1.60 bits per heavy atom. The van der Waals surface area contributed by atoms with Crippen LogP contribution in [0.1, 0.15) is 22.6 Å². The first-order valence-corrected chi connectivity index (χ1v) is 10.6. The SMILES string of the molecule is O=C(NCC=Cc1cc(Cl)cc(Cl)c1Cl)OCC1c2ccccc2-c2ccccc21. The Labute approximate surface area is 190 Å². The first-order valence-electron chi connectivity index (χ1n) is 9.44. The summed E-state index contributed by atoms with van der Waals surface area (Å²) in [6.07, 6.45) is 3.04. The summed E-state index contributed by atoms with van der Waals surface area (Å²) < 4.78 is 5.50. The second-order valence-electron chi connectivity index (χ2n) is 6.90. The van der Waals surface area contributed by atoms with Crippen LogP contribution in [0.3, 0.4) is 0 Å². The number of carbonyl (C=O) groups excluding carboxylic acids is 1. The molecule has 6 heteroatoms. The van der Waals surface area contributed by atoms with Crippen LogP contribution in [0.15, 0.2) is 66.7 Å². The summed E-state index contributed by atoms with van der Waals surface area (Å²) >= 11 is 18.2. The number of nitrogens with one attached hydrogen (secondary N) is 1. The van der Waals surface area contributed by atoms with E-state index in [9.17, 15) is 4.79 Å². The maximum absolute atomic E-state index is 12.2. The van der Waals surface area contributed by atoms with Crippen molar-refractivity contribution < 1.29 is 9.53 Å². The van der Waals surface area contributed by atoms with Gasteiger partial charge in [0.25, 0.3) is 0 Å². The van der Waals surface area contributed by atoms with Gasteiger partial charge in [-0.3, -0.25) is 0 Å². The number of hydrogen-bond donors (Lipinski definition) is 1. The van der Waals surface area contributed by atoms with Gasteiger partial charge in [0.15, 0.2) is 0 Å². The van der Waals surface area contributed by atoms with E-state index in [2.05, 4.69) is 29.6 Å². The van der Waals surface area contributed by atoms with Gasteiger partial charge in [-0.2, -0.15) is 0 Å². The number of carbonyl (C=O) groups is 1. The number of benzene rings is 3. The van der Waals surface area contributed by atoms with Crippen LogP contribution in [0.4, 0.5) is 4.79 Å². The number of ether oxygens (including phenoxy) is 1. The number of amides is 1. The first kappa shape index (κ1) is 20.8. The second-order valence-corrected chi connectivity index (χ2v) is 8.12. The van der Waals surface area contributed by atoms with Gasteiger partial charge >= 0.3 is 6.09 Å². The molecule has 0 aliphatic heterocycles. The number of halogens is 3. The maximum atomic E-state index is 12.2. The summed E-state index contributed by atoms with van der Waals surface area (Å²) in [6.45, 7) is 0.566. The molecule has 0 saturated carbocycles. The van der Waals surface area contributed by atoms with Gasteiger partial charge in [0.2, 0.25) is 0 Å². The zero-order valence-corrected chi connectivity index (χ0v) is 18.1. The van der Waals surface area contributed by atoms with E-state index in [1.807, 2.05) is 24.3 Å². The van der Waals surface area contributed by atoms with E-state index in [-0.39, 0.29) is 19.1 Å². The van der Waals surface area contributed by atoms with Crippen LogP contribution in [0.2, 0.25) is 15.1 Å². The highest BCUT2D eigenvalue weighted by molar-refractivity contribution is 6.44. The van der Waals surface area contributed by atoms with Crippen molar-refractivity contribution in [2.45, 2.75) is 5.92 Å². The number of fused-ring (bicyclic) bond motifs is 3. The lowest BCUT2D eigenvalue weighted by Crippen LogP contribution is -2.26. The normalized spacial score (nSPS) is 12.6. The molecular formula is C24H18Cl3NO2. The lowest BCUT2D eigenvalue weighted by molar-refractivity contribution is 0.144. The first-order chi connectivity index (χ1) is 14.5. The molecule has 1 N–H and O–H groups in total. The van der Waals surface area contributed by atoms with Crippen LogP contribution < -0.4 is 5.32 Å². The molecule has 0 saturated heterocycles. The summed E-state index contributed by atoms with van der Waals surface area (Å²) in [6, 6.07) is 19.7. The molecule has 0 fully saturated rings. The summed E-state index contributed by atoms with van der Waals surface area (Å²) in [5, 5.41) is 4.01. The number of alkyl carbamates (subject to hydrolysis) is 1. The molecule has 152 valence electrons. The number of rotatable bonds is 5. The third-order valence-corrected chi connectivity index (χ3v) is 6.06. The quantitative estimate of drug-likeness (QED) is 0.411. The Morgan fingerprint density at radius 1 is 0.967 bits per heavy atom. The van der Waals surface area contributed by atoms with Crippen LogP contribution in [0, 0.1) is 0 Å². The summed E-state index contributed by atoms with van der Waals surface area (Å²) in [4.78, 5) is 12.2. The molecule has 0 heterocycles. The van der Waals surface area contributed by atoms with Crippen LogP contribution in [-0.4, -0.2) is 19.2 Å². The molecule has 1 amide bonds. The van der Waals surface area contributed by atoms with Crippen molar-refractivity contribution in [3.63, 3.8) is 0 Å². The monoisotopic (exact) mass is 457 g/mol. The third kappa shape index (κ3) is 4.34. The van der Waals surface area contributed by atoms with Gasteiger partial charge in [-0.15, -0.1) is 0 Å². The van der Waals surface area contributed by atoms with Gasteiger partial charge in [-0.1, -0.05) is 95.5 Å². The average Bonchev–Trinajstić information content (AvgIpc) is 3.07. The van der Waals surface area contributed by atoms with E-state index in [0.717, 1.165) is 0 Å². The predicted octanol–water partition coefficient (Wildman–Crippen LogP) is 7.20. The van der Waals surface area contributed by atoms with Crippen molar-refractivity contribution in [2.75, 3.05) is 13.2 Å². The summed E-state index contributed by atoms with van der Waals surface area (Å²) in [7, 11) is 0. The van der Waals surface area contributed by atoms with Crippen molar-refractivity contribution in [3.05, 3.63) is 98.5 Å². The van der Waals surface area contributed by atoms with Crippen molar-refractivity contribution in [1.29, 1.82) is 0 Å². The zero-order chi connectivity index (χ0) is 21.1. The van der Waals surface area contributed by atoms with Gasteiger partial charge in [0, 0.05) is 17.5 Å². The Hall–Kier alpha value is -2.46. The number of hydrogen-bond acceptors (Lipinski definition) is 2. The minimum atomic E-state index is -0.475. The highest BCUT2D eigenvalue weighted by atomic mass is 35.5. The molecule has 0 aromatic heterocycles. The molecule has 0 atom stereocenters. The minimum Gasteiger partial charge on any atom is -0.449 e. The molecular weight excluding hydrogens is 441 g/mol. The highest BCUT2D eigenvalue weighted by Crippen LogP contribution is 2.44. The van der Waals surface area contributed by atoms with E-state index in [4.69, 9.17) is 39.5 Å². The summed E-state index contributed by atoms with van der Waals surface area (Å²) in [5.74, 6) is 0.0334. The minimum absolute atomic E-state index is 0.0334. The molecule has 1 aliphatic carbocycles. The molecule has 1 aliphatic rings. The van der Waals surface area contributed by atoms with E-state index in [0.29, 0.717) is 20.6 Å². The predicted molar refractivity (Wildman–Crippen MR) is 124 cm³/mol. The van der Waals surface area contributed by atoms with Gasteiger partial charge in [0.1, 0.15) is 6.61 Å². The van der Waals surface area contributed by atoms with Gasteiger partial charge in [-0.25, -0.2) is 4.79 Å². The van der Waals surface area contributed by atoms with E-state index in [1.165, 1.54) is 22.3 Å². The maximum Gasteiger partial charge on any atom is 0.407 e. The smallest absolute Gasteiger partial charge is 0.407 e. The molecule has 3 aromatic carbocycles. The van der Waals surface area contributed by atoms with Crippen LogP contribution in [-0.2, 0) is 4.74 Å². The van der Waals surface area contributed by atoms with Crippen molar-refractivity contribution in [3.8, 4) is 11.1 Å². The van der Waals surface area contributed by atoms with E-state index < -0.39 is 6.09 Å². The van der Waals surface area contributed by atoms with Crippen LogP contribution in [0.25, 0.3) is 17.2 Å². The molecule has 3 nitrogen and oxygen atoms in total. The van der Waals surface area contributed by atoms with Gasteiger partial charge in [-0.05, 0) is 39.9 Å². The fourth-order valence-corrected chi connectivity index (χ4v) is 4.36. The largest absolute Gasteiger partial charge is 0.449 e. The Morgan fingerprint density at radius 3 is 2.27 bits per heavy atom. The highest BCUT2D eigenvalue weighted by Gasteiger charge is 2.28. The second kappa shape index (κ2) is 9.13. The van der Waals surface area contributed by atoms with Gasteiger partial charge < -0.3 is 10.1 Å². The van der Waals surface area contributed by atoms with Crippen molar-refractivity contribution >= 4 is 47.0 Å². The Bertz CT molecular complexity index is 1080. The zero-order valence-electron chi connectivity index (χ0n) is 15.9. The Balaban J connectivity index is 1.35. The summed E-state index contributed by atoms with van der Waals surface area (Å²) in [5.41, 5.74) is 5.44. The molecule has 3 aromatic rings. The molecule has 30 heavy (non-hydrogen) atoms. The van der Waals surface area contributed by atoms with Crippen LogP contribution >= 0.6 is 34.8 Å². The molecule has 0 bridgehead atoms. The average molecular weight is 459 g/mol. The standard InChI is InChI=1S/C24H18Cl3NO2/c25-16-12-15(23(27)22(26)13-16)6-5-11-28-24(29)30-14-21-19-9-3-1-7-17(19)18-8-2-4-10-20(18)21/h1-10,12-13,21H,11,14H2,(H,28,29). The molecule has 4 rings (SSSR count). The van der Waals surface area contributed by atoms with E-state index in [1.54, 1.807) is 24.3 Å². The fourth-order valence-electron chi connectivity index (χ4n) is 3.67. The third-order valence-electron chi connectivity index (χ3n) is 5.03. The topological polar surface area (TPSA) is 38.3 Å². The molecule has 0 unspecified atom stereocenters. The molecule has 0 radical (unpaired) electrons. The van der Waals surface area contributed by atoms with Crippen molar-refractivity contribution in [2.24, 2.45) is 0 Å². The lowest BCUT2D eigenvalue weighted by Gasteiger charge is -2.14. The van der Waals surface area contributed by atoms with Gasteiger partial charge in [0.05, 0.1) is 10.0 Å². The Kier molecular flexibility index (Phi) is 6.33. The fraction of sp³-hybridized carbons (Fsp3) is 0.125. The molecule has 0 spiro atoms. The van der Waals surface area contributed by atoms with Crippen molar-refractivity contribution in [1.82, 2.24) is 5.32 Å².